The van der Waals surface area contributed by atoms with E-state index in [4.69, 9.17) is 0 Å². The molecule has 1 aromatic heterocycles. The maximum Gasteiger partial charge on any atom is 0.236 e. The lowest BCUT2D eigenvalue weighted by Gasteiger charge is -2.21. The summed E-state index contributed by atoms with van der Waals surface area (Å²) in [4.78, 5) is 24.1. The van der Waals surface area contributed by atoms with Crippen LogP contribution in [-0.2, 0) is 11.3 Å². The molecule has 0 aromatic carbocycles. The van der Waals surface area contributed by atoms with E-state index >= 15 is 0 Å². The smallest absolute Gasteiger partial charge is 0.236 e. The van der Waals surface area contributed by atoms with Crippen LogP contribution in [-0.4, -0.2) is 59.4 Å². The van der Waals surface area contributed by atoms with Crippen molar-refractivity contribution >= 4 is 11.7 Å². The first-order chi connectivity index (χ1) is 9.56. The zero-order valence-corrected chi connectivity index (χ0v) is 12.9. The number of nitrogens with one attached hydrogen (secondary N) is 1. The molecule has 6 heteroatoms. The van der Waals surface area contributed by atoms with Gasteiger partial charge in [-0.3, -0.25) is 14.7 Å². The van der Waals surface area contributed by atoms with Gasteiger partial charge in [-0.1, -0.05) is 13.8 Å². The van der Waals surface area contributed by atoms with Crippen LogP contribution < -0.4 is 5.32 Å². The molecule has 0 spiro atoms. The number of rotatable bonds is 8. The van der Waals surface area contributed by atoms with Crippen molar-refractivity contribution in [3.63, 3.8) is 0 Å². The van der Waals surface area contributed by atoms with E-state index in [2.05, 4.69) is 22.2 Å². The van der Waals surface area contributed by atoms with Crippen LogP contribution in [0.4, 0.5) is 5.82 Å². The molecule has 6 nitrogen and oxygen atoms in total. The van der Waals surface area contributed by atoms with E-state index in [9.17, 15) is 4.79 Å². The fourth-order valence-corrected chi connectivity index (χ4v) is 1.62. The molecule has 112 valence electrons. The number of nitrogens with zero attached hydrogens (tertiary/aromatic N) is 4. The van der Waals surface area contributed by atoms with Crippen molar-refractivity contribution in [2.24, 2.45) is 0 Å². The second-order valence-electron chi connectivity index (χ2n) is 4.91. The zero-order chi connectivity index (χ0) is 15.0. The molecule has 0 saturated heterocycles. The molecule has 1 aromatic rings. The largest absolute Gasteiger partial charge is 0.369 e. The maximum atomic E-state index is 11.7. The van der Waals surface area contributed by atoms with Crippen LogP contribution in [0.3, 0.4) is 0 Å². The van der Waals surface area contributed by atoms with Crippen molar-refractivity contribution in [2.75, 3.05) is 39.0 Å². The lowest BCUT2D eigenvalue weighted by molar-refractivity contribution is -0.130. The number of carbonyl (C=O) groups excluding carboxylic acids is 1. The maximum absolute atomic E-state index is 11.7. The quantitative estimate of drug-likeness (QED) is 0.775. The Balaban J connectivity index is 2.54. The van der Waals surface area contributed by atoms with Crippen LogP contribution in [0, 0.1) is 0 Å². The molecule has 0 fully saturated rings. The topological polar surface area (TPSA) is 61.4 Å². The molecule has 1 N–H and O–H groups in total. The standard InChI is InChI=1S/C14H25N5O/c1-5-7-15-13-9-16-12(8-17-13)10-19(6-2)11-14(20)18(3)4/h8-9H,5-7,10-11H2,1-4H3,(H,15,17). The predicted molar refractivity (Wildman–Crippen MR) is 80.5 cm³/mol. The number of carbonyl (C=O) groups is 1. The molecule has 0 aliphatic rings. The van der Waals surface area contributed by atoms with E-state index < -0.39 is 0 Å². The van der Waals surface area contributed by atoms with Gasteiger partial charge in [0.1, 0.15) is 5.82 Å². The van der Waals surface area contributed by atoms with Gasteiger partial charge in [-0.05, 0) is 13.0 Å². The number of amides is 1. The van der Waals surface area contributed by atoms with Gasteiger partial charge in [-0.25, -0.2) is 4.98 Å². The highest BCUT2D eigenvalue weighted by Crippen LogP contribution is 2.04. The van der Waals surface area contributed by atoms with E-state index in [-0.39, 0.29) is 5.91 Å². The first-order valence-corrected chi connectivity index (χ1v) is 7.04. The third-order valence-corrected chi connectivity index (χ3v) is 2.95. The summed E-state index contributed by atoms with van der Waals surface area (Å²) in [5, 5.41) is 3.19. The van der Waals surface area contributed by atoms with Crippen molar-refractivity contribution in [1.29, 1.82) is 0 Å². The lowest BCUT2D eigenvalue weighted by Crippen LogP contribution is -2.36. The normalized spacial score (nSPS) is 10.7. The molecular weight excluding hydrogens is 254 g/mol. The highest BCUT2D eigenvalue weighted by molar-refractivity contribution is 5.77. The second kappa shape index (κ2) is 8.47. The lowest BCUT2D eigenvalue weighted by atomic mass is 10.3. The monoisotopic (exact) mass is 279 g/mol. The summed E-state index contributed by atoms with van der Waals surface area (Å²) >= 11 is 0. The van der Waals surface area contributed by atoms with E-state index in [1.807, 2.05) is 11.8 Å². The van der Waals surface area contributed by atoms with Crippen molar-refractivity contribution in [3.8, 4) is 0 Å². The fourth-order valence-electron chi connectivity index (χ4n) is 1.62. The summed E-state index contributed by atoms with van der Waals surface area (Å²) < 4.78 is 0. The Labute approximate surface area is 121 Å². The average Bonchev–Trinajstić information content (AvgIpc) is 2.45. The molecule has 0 unspecified atom stereocenters. The van der Waals surface area contributed by atoms with E-state index in [0.717, 1.165) is 31.0 Å². The third kappa shape index (κ3) is 5.52. The van der Waals surface area contributed by atoms with Crippen LogP contribution in [0.2, 0.25) is 0 Å². The summed E-state index contributed by atoms with van der Waals surface area (Å²) in [5.74, 6) is 0.893. The van der Waals surface area contributed by atoms with Crippen LogP contribution >= 0.6 is 0 Å². The second-order valence-corrected chi connectivity index (χ2v) is 4.91. The van der Waals surface area contributed by atoms with Crippen molar-refractivity contribution < 1.29 is 4.79 Å². The SMILES string of the molecule is CCCNc1cnc(CN(CC)CC(=O)N(C)C)cn1. The van der Waals surface area contributed by atoms with E-state index in [0.29, 0.717) is 13.1 Å². The van der Waals surface area contributed by atoms with Crippen LogP contribution in [0.15, 0.2) is 12.4 Å². The van der Waals surface area contributed by atoms with E-state index in [1.165, 1.54) is 0 Å². The fraction of sp³-hybridized carbons (Fsp3) is 0.643. The number of aromatic nitrogens is 2. The Hall–Kier alpha value is -1.69. The Bertz CT molecular complexity index is 405. The van der Waals surface area contributed by atoms with Gasteiger partial charge in [0.15, 0.2) is 0 Å². The molecule has 1 heterocycles. The highest BCUT2D eigenvalue weighted by atomic mass is 16.2. The van der Waals surface area contributed by atoms with E-state index in [1.54, 1.807) is 31.4 Å². The molecule has 1 amide bonds. The molecule has 0 atom stereocenters. The molecule has 1 rings (SSSR count). The van der Waals surface area contributed by atoms with Crippen molar-refractivity contribution in [1.82, 2.24) is 19.8 Å². The van der Waals surface area contributed by atoms with Gasteiger partial charge < -0.3 is 10.2 Å². The van der Waals surface area contributed by atoms with Crippen LogP contribution in [0.25, 0.3) is 0 Å². The van der Waals surface area contributed by atoms with Gasteiger partial charge in [-0.15, -0.1) is 0 Å². The minimum atomic E-state index is 0.0982. The molecule has 20 heavy (non-hydrogen) atoms. The van der Waals surface area contributed by atoms with Gasteiger partial charge in [-0.2, -0.15) is 0 Å². The number of hydrogen-bond donors (Lipinski definition) is 1. The first-order valence-electron chi connectivity index (χ1n) is 7.04. The van der Waals surface area contributed by atoms with Gasteiger partial charge in [0.2, 0.25) is 5.91 Å². The Kier molecular flexibility index (Phi) is 6.93. The Morgan fingerprint density at radius 2 is 2.00 bits per heavy atom. The van der Waals surface area contributed by atoms with Crippen LogP contribution in [0.1, 0.15) is 26.0 Å². The summed E-state index contributed by atoms with van der Waals surface area (Å²) in [6.07, 6.45) is 4.56. The highest BCUT2D eigenvalue weighted by Gasteiger charge is 2.11. The van der Waals surface area contributed by atoms with Gasteiger partial charge in [0.05, 0.1) is 24.6 Å². The van der Waals surface area contributed by atoms with Gasteiger partial charge in [0, 0.05) is 27.2 Å². The van der Waals surface area contributed by atoms with Gasteiger partial charge in [0.25, 0.3) is 0 Å². The summed E-state index contributed by atoms with van der Waals surface area (Å²) in [6.45, 7) is 6.88. The molecule has 0 saturated carbocycles. The summed E-state index contributed by atoms with van der Waals surface area (Å²) in [7, 11) is 3.54. The molecule has 0 bridgehead atoms. The number of likely N-dealkylation sites (N-methyl/N-ethyl adjacent to an activating group) is 2. The average molecular weight is 279 g/mol. The summed E-state index contributed by atoms with van der Waals surface area (Å²) in [5.41, 5.74) is 0.875. The minimum absolute atomic E-state index is 0.0982. The number of anilines is 1. The summed E-state index contributed by atoms with van der Waals surface area (Å²) in [6, 6.07) is 0. The van der Waals surface area contributed by atoms with Crippen molar-refractivity contribution in [3.05, 3.63) is 18.1 Å². The molecule has 0 aliphatic heterocycles. The van der Waals surface area contributed by atoms with Crippen molar-refractivity contribution in [2.45, 2.75) is 26.8 Å². The Morgan fingerprint density at radius 1 is 1.25 bits per heavy atom. The number of hydrogen-bond acceptors (Lipinski definition) is 5. The third-order valence-electron chi connectivity index (χ3n) is 2.95. The first kappa shape index (κ1) is 16.4. The molecular formula is C14H25N5O. The predicted octanol–water partition coefficient (Wildman–Crippen LogP) is 1.21. The Morgan fingerprint density at radius 3 is 2.50 bits per heavy atom. The molecule has 0 radical (unpaired) electrons. The zero-order valence-electron chi connectivity index (χ0n) is 12.9. The molecule has 0 aliphatic carbocycles. The van der Waals surface area contributed by atoms with Crippen LogP contribution in [0.5, 0.6) is 0 Å². The minimum Gasteiger partial charge on any atom is -0.369 e. The van der Waals surface area contributed by atoms with Gasteiger partial charge >= 0.3 is 0 Å².